The van der Waals surface area contributed by atoms with Crippen molar-refractivity contribution in [1.29, 1.82) is 0 Å². The molecular formula is C37H41ClN8O5. The zero-order valence-corrected chi connectivity index (χ0v) is 29.0. The fourth-order valence-electron chi connectivity index (χ4n) is 6.53. The van der Waals surface area contributed by atoms with Crippen LogP contribution in [0.2, 0.25) is 5.02 Å². The van der Waals surface area contributed by atoms with Crippen LogP contribution in [0.3, 0.4) is 0 Å². The molecule has 4 aromatic rings. The molecule has 1 heterocycles. The average molecular weight is 713 g/mol. The number of aromatic nitrogens is 4. The second-order valence-electron chi connectivity index (χ2n) is 13.5. The lowest BCUT2D eigenvalue weighted by molar-refractivity contribution is -0.130. The molecule has 6 rings (SSSR count). The van der Waals surface area contributed by atoms with E-state index in [1.54, 1.807) is 36.4 Å². The van der Waals surface area contributed by atoms with E-state index in [0.29, 0.717) is 47.4 Å². The summed E-state index contributed by atoms with van der Waals surface area (Å²) >= 11 is 6.65. The number of halogens is 1. The first-order chi connectivity index (χ1) is 24.6. The molecule has 51 heavy (non-hydrogen) atoms. The monoisotopic (exact) mass is 712 g/mol. The van der Waals surface area contributed by atoms with Gasteiger partial charge in [-0.25, -0.2) is 4.79 Å². The van der Waals surface area contributed by atoms with E-state index in [4.69, 9.17) is 16.7 Å². The van der Waals surface area contributed by atoms with E-state index < -0.39 is 12.1 Å². The SMILES string of the molecule is CC(NC(=O)c1ccc(-c2ccc(C[C@H](NC(=O)C3CCC(CNC(=O)O)CC3)C(=O)Nc3ccc(-c4nn[nH]n4)cc3)cc2)c(Cl)c1)C1CC1. The summed E-state index contributed by atoms with van der Waals surface area (Å²) in [6.45, 7) is 2.39. The number of carbonyl (C=O) groups excluding carboxylic acids is 3. The van der Waals surface area contributed by atoms with E-state index in [0.717, 1.165) is 47.9 Å². The van der Waals surface area contributed by atoms with Gasteiger partial charge in [0.15, 0.2) is 0 Å². The molecule has 1 unspecified atom stereocenters. The van der Waals surface area contributed by atoms with E-state index >= 15 is 0 Å². The first kappa shape index (κ1) is 35.5. The number of aromatic amines is 1. The van der Waals surface area contributed by atoms with Crippen LogP contribution in [0.25, 0.3) is 22.5 Å². The van der Waals surface area contributed by atoms with E-state index in [1.165, 1.54) is 0 Å². The number of amides is 4. The number of carbonyl (C=O) groups is 4. The summed E-state index contributed by atoms with van der Waals surface area (Å²) in [5.74, 6) is 0.161. The van der Waals surface area contributed by atoms with Crippen LogP contribution in [0.15, 0.2) is 66.7 Å². The van der Waals surface area contributed by atoms with Crippen molar-refractivity contribution in [2.75, 3.05) is 11.9 Å². The number of nitrogens with zero attached hydrogens (tertiary/aromatic N) is 3. The third-order valence-corrected chi connectivity index (χ3v) is 10.1. The van der Waals surface area contributed by atoms with E-state index in [9.17, 15) is 19.2 Å². The lowest BCUT2D eigenvalue weighted by Gasteiger charge is -2.29. The molecule has 0 aliphatic heterocycles. The van der Waals surface area contributed by atoms with Crippen LogP contribution >= 0.6 is 11.6 Å². The van der Waals surface area contributed by atoms with Crippen molar-refractivity contribution in [3.63, 3.8) is 0 Å². The van der Waals surface area contributed by atoms with Crippen LogP contribution < -0.4 is 21.3 Å². The number of rotatable bonds is 13. The summed E-state index contributed by atoms with van der Waals surface area (Å²) in [5, 5.41) is 34.7. The highest BCUT2D eigenvalue weighted by atomic mass is 35.5. The smallest absolute Gasteiger partial charge is 0.404 e. The predicted octanol–water partition coefficient (Wildman–Crippen LogP) is 5.46. The normalized spacial score (nSPS) is 18.2. The minimum absolute atomic E-state index is 0.130. The number of benzene rings is 3. The lowest BCUT2D eigenvalue weighted by Crippen LogP contribution is -2.48. The van der Waals surface area contributed by atoms with Gasteiger partial charge in [0.25, 0.3) is 5.91 Å². The topological polar surface area (TPSA) is 191 Å². The van der Waals surface area contributed by atoms with Gasteiger partial charge in [-0.15, -0.1) is 10.2 Å². The largest absolute Gasteiger partial charge is 0.465 e. The van der Waals surface area contributed by atoms with Gasteiger partial charge in [-0.05, 0) is 110 Å². The maximum absolute atomic E-state index is 13.7. The zero-order valence-electron chi connectivity index (χ0n) is 28.2. The maximum atomic E-state index is 13.7. The first-order valence-electron chi connectivity index (χ1n) is 17.2. The number of carboxylic acid groups (broad SMARTS) is 1. The Balaban J connectivity index is 1.13. The second-order valence-corrected chi connectivity index (χ2v) is 13.9. The number of hydrogen-bond acceptors (Lipinski definition) is 7. The quantitative estimate of drug-likeness (QED) is 0.105. The summed E-state index contributed by atoms with van der Waals surface area (Å²) in [7, 11) is 0. The summed E-state index contributed by atoms with van der Waals surface area (Å²) in [4.78, 5) is 50.8. The van der Waals surface area contributed by atoms with E-state index in [-0.39, 0.29) is 42.0 Å². The number of hydrogen-bond donors (Lipinski definition) is 6. The standard InChI is InChI=1S/C37H41ClN8O5/c1-21(24-10-11-24)40-35(48)28-14-17-30(31(38)19-28)25-6-2-22(3-7-25)18-32(42-34(47)27-8-4-23(5-9-27)20-39-37(50)51)36(49)41-29-15-12-26(13-16-29)33-43-45-46-44-33/h2-3,6-7,12-17,19,21,23-24,27,32,39H,4-5,8-11,18,20H2,1H3,(H,40,48)(H,41,49)(H,42,47)(H,50,51)(H,43,44,45,46)/t21?,23?,27?,32-/m0/s1. The Labute approximate surface area is 300 Å². The molecule has 14 heteroatoms. The third-order valence-electron chi connectivity index (χ3n) is 9.77. The molecular weight excluding hydrogens is 672 g/mol. The van der Waals surface area contributed by atoms with Crippen LogP contribution in [0.5, 0.6) is 0 Å². The molecule has 1 aromatic heterocycles. The molecule has 13 nitrogen and oxygen atoms in total. The van der Waals surface area contributed by atoms with Crippen molar-refractivity contribution in [2.45, 2.75) is 64.0 Å². The minimum Gasteiger partial charge on any atom is -0.465 e. The van der Waals surface area contributed by atoms with E-state index in [2.05, 4.69) is 41.9 Å². The highest BCUT2D eigenvalue weighted by Gasteiger charge is 2.31. The molecule has 2 atom stereocenters. The molecule has 2 aliphatic rings. The lowest BCUT2D eigenvalue weighted by atomic mass is 9.81. The van der Waals surface area contributed by atoms with Gasteiger partial charge in [0.2, 0.25) is 17.6 Å². The van der Waals surface area contributed by atoms with E-state index in [1.807, 2.05) is 37.3 Å². The van der Waals surface area contributed by atoms with Crippen LogP contribution in [0.1, 0.15) is 61.4 Å². The fourth-order valence-corrected chi connectivity index (χ4v) is 6.82. The van der Waals surface area contributed by atoms with Crippen molar-refractivity contribution in [2.24, 2.45) is 17.8 Å². The molecule has 2 fully saturated rings. The molecule has 6 N–H and O–H groups in total. The fraction of sp³-hybridized carbons (Fsp3) is 0.378. The van der Waals surface area contributed by atoms with Crippen molar-refractivity contribution in [3.05, 3.63) is 82.9 Å². The molecule has 266 valence electrons. The molecule has 0 spiro atoms. The van der Waals surface area contributed by atoms with Crippen LogP contribution in [0.4, 0.5) is 10.5 Å². The van der Waals surface area contributed by atoms with Crippen molar-refractivity contribution < 1.29 is 24.3 Å². The van der Waals surface area contributed by atoms with Crippen molar-refractivity contribution in [3.8, 4) is 22.5 Å². The molecule has 3 aromatic carbocycles. The Morgan fingerprint density at radius 3 is 2.24 bits per heavy atom. The van der Waals surface area contributed by atoms with Crippen molar-refractivity contribution >= 4 is 41.1 Å². The molecule has 0 radical (unpaired) electrons. The Hall–Kier alpha value is -5.30. The summed E-state index contributed by atoms with van der Waals surface area (Å²) in [6, 6.07) is 19.2. The predicted molar refractivity (Wildman–Crippen MR) is 192 cm³/mol. The number of H-pyrrole nitrogens is 1. The number of nitrogens with one attached hydrogen (secondary N) is 5. The Kier molecular flexibility index (Phi) is 11.2. The molecule has 0 saturated heterocycles. The second kappa shape index (κ2) is 16.2. The highest BCUT2D eigenvalue weighted by Crippen LogP contribution is 2.33. The van der Waals surface area contributed by atoms with Crippen LogP contribution in [-0.2, 0) is 16.0 Å². The average Bonchev–Trinajstić information content (AvgIpc) is 3.85. The molecule has 2 saturated carbocycles. The Morgan fingerprint density at radius 2 is 1.61 bits per heavy atom. The van der Waals surface area contributed by atoms with Gasteiger partial charge in [-0.2, -0.15) is 5.21 Å². The zero-order chi connectivity index (χ0) is 35.9. The molecule has 2 aliphatic carbocycles. The summed E-state index contributed by atoms with van der Waals surface area (Å²) in [6.07, 6.45) is 4.13. The van der Waals surface area contributed by atoms with Crippen LogP contribution in [-0.4, -0.2) is 68.2 Å². The van der Waals surface area contributed by atoms with Crippen LogP contribution in [0, 0.1) is 17.8 Å². The summed E-state index contributed by atoms with van der Waals surface area (Å²) < 4.78 is 0. The van der Waals surface area contributed by atoms with Gasteiger partial charge in [-0.3, -0.25) is 14.4 Å². The van der Waals surface area contributed by atoms with Gasteiger partial charge in [0.05, 0.1) is 0 Å². The number of tetrazole rings is 1. The van der Waals surface area contributed by atoms with Gasteiger partial charge in [-0.1, -0.05) is 41.9 Å². The minimum atomic E-state index is -1.06. The molecule has 4 amide bonds. The Morgan fingerprint density at radius 1 is 0.902 bits per heavy atom. The van der Waals surface area contributed by atoms with Gasteiger partial charge >= 0.3 is 6.09 Å². The van der Waals surface area contributed by atoms with Crippen molar-refractivity contribution in [1.82, 2.24) is 36.6 Å². The highest BCUT2D eigenvalue weighted by molar-refractivity contribution is 6.33. The van der Waals surface area contributed by atoms with Gasteiger partial charge in [0, 0.05) is 52.3 Å². The third kappa shape index (κ3) is 9.48. The van der Waals surface area contributed by atoms with Gasteiger partial charge in [0.1, 0.15) is 6.04 Å². The molecule has 0 bridgehead atoms. The Bertz CT molecular complexity index is 1840. The summed E-state index contributed by atoms with van der Waals surface area (Å²) in [5.41, 5.74) is 4.23. The maximum Gasteiger partial charge on any atom is 0.404 e. The van der Waals surface area contributed by atoms with Gasteiger partial charge < -0.3 is 26.4 Å². The number of anilines is 1. The first-order valence-corrected chi connectivity index (χ1v) is 17.6.